The summed E-state index contributed by atoms with van der Waals surface area (Å²) >= 11 is 1.78. The highest BCUT2D eigenvalue weighted by Gasteiger charge is 2.27. The van der Waals surface area contributed by atoms with Crippen molar-refractivity contribution in [1.29, 1.82) is 0 Å². The van der Waals surface area contributed by atoms with Crippen LogP contribution in [0.5, 0.6) is 0 Å². The Labute approximate surface area is 196 Å². The Kier molecular flexibility index (Phi) is 12.6. The van der Waals surface area contributed by atoms with Crippen LogP contribution in [0.25, 0.3) is 0 Å². The van der Waals surface area contributed by atoms with Gasteiger partial charge in [0.15, 0.2) is 5.96 Å². The molecule has 1 aliphatic rings. The van der Waals surface area contributed by atoms with Crippen LogP contribution < -0.4 is 10.6 Å². The number of benzene rings is 1. The van der Waals surface area contributed by atoms with E-state index in [0.29, 0.717) is 11.9 Å². The third-order valence-electron chi connectivity index (χ3n) is 4.85. The molecule has 2 unspecified atom stereocenters. The van der Waals surface area contributed by atoms with Crippen molar-refractivity contribution in [2.45, 2.75) is 25.9 Å². The van der Waals surface area contributed by atoms with Crippen LogP contribution >= 0.6 is 35.7 Å². The molecule has 0 radical (unpaired) electrons. The lowest BCUT2D eigenvalue weighted by Crippen LogP contribution is -2.43. The van der Waals surface area contributed by atoms with Gasteiger partial charge in [0.1, 0.15) is 6.54 Å². The summed E-state index contributed by atoms with van der Waals surface area (Å²) in [6, 6.07) is 8.61. The third-order valence-corrected chi connectivity index (χ3v) is 5.46. The molecule has 2 atom stereocenters. The molecule has 1 aromatic rings. The Morgan fingerprint density at radius 1 is 1.28 bits per heavy atom. The maximum atomic E-state index is 11.9. The van der Waals surface area contributed by atoms with Crippen molar-refractivity contribution in [2.24, 2.45) is 10.9 Å². The maximum absolute atomic E-state index is 11.9. The summed E-state index contributed by atoms with van der Waals surface area (Å²) in [6.07, 6.45) is 4.35. The molecular formula is C21H35IN4O2S. The van der Waals surface area contributed by atoms with Crippen molar-refractivity contribution in [1.82, 2.24) is 15.5 Å². The lowest BCUT2D eigenvalue weighted by molar-refractivity contribution is -0.127. The molecule has 164 valence electrons. The van der Waals surface area contributed by atoms with Gasteiger partial charge in [-0.15, -0.1) is 24.0 Å². The number of carbonyl (C=O) groups is 1. The number of halogens is 1. The number of carbonyl (C=O) groups excluding carboxylic acids is 1. The first-order chi connectivity index (χ1) is 13.5. The SMILES string of the molecule is CSCCNC(=NCC(=O)N(C)C)NCC1CCCOC1c1ccc(C)cc1.I. The Hall–Kier alpha value is -1.000. The Morgan fingerprint density at radius 2 is 2.00 bits per heavy atom. The van der Waals surface area contributed by atoms with Crippen molar-refractivity contribution in [3.8, 4) is 0 Å². The van der Waals surface area contributed by atoms with E-state index in [-0.39, 0.29) is 42.5 Å². The van der Waals surface area contributed by atoms with Crippen LogP contribution in [-0.2, 0) is 9.53 Å². The minimum Gasteiger partial charge on any atom is -0.373 e. The van der Waals surface area contributed by atoms with E-state index in [9.17, 15) is 4.79 Å². The summed E-state index contributed by atoms with van der Waals surface area (Å²) in [6.45, 7) is 4.62. The zero-order chi connectivity index (χ0) is 20.4. The zero-order valence-corrected chi connectivity index (χ0v) is 21.1. The predicted octanol–water partition coefficient (Wildman–Crippen LogP) is 3.07. The topological polar surface area (TPSA) is 66.0 Å². The normalized spacial score (nSPS) is 19.2. The van der Waals surface area contributed by atoms with E-state index in [1.165, 1.54) is 11.1 Å². The molecule has 0 saturated carbocycles. The summed E-state index contributed by atoms with van der Waals surface area (Å²) in [5.41, 5.74) is 2.49. The number of ether oxygens (including phenoxy) is 1. The van der Waals surface area contributed by atoms with Crippen LogP contribution in [0.15, 0.2) is 29.3 Å². The van der Waals surface area contributed by atoms with Gasteiger partial charge in [0.05, 0.1) is 6.10 Å². The van der Waals surface area contributed by atoms with E-state index in [0.717, 1.165) is 38.3 Å². The quantitative estimate of drug-likeness (QED) is 0.232. The number of rotatable bonds is 8. The second-order valence-corrected chi connectivity index (χ2v) is 8.34. The molecule has 1 saturated heterocycles. The molecule has 0 spiro atoms. The Morgan fingerprint density at radius 3 is 2.66 bits per heavy atom. The maximum Gasteiger partial charge on any atom is 0.243 e. The highest BCUT2D eigenvalue weighted by atomic mass is 127. The van der Waals surface area contributed by atoms with Gasteiger partial charge in [-0.25, -0.2) is 4.99 Å². The van der Waals surface area contributed by atoms with Crippen LogP contribution in [-0.4, -0.2) is 69.1 Å². The van der Waals surface area contributed by atoms with Crippen molar-refractivity contribution < 1.29 is 9.53 Å². The molecule has 8 heteroatoms. The van der Waals surface area contributed by atoms with Gasteiger partial charge in [-0.1, -0.05) is 29.8 Å². The highest BCUT2D eigenvalue weighted by Crippen LogP contribution is 2.33. The summed E-state index contributed by atoms with van der Waals surface area (Å²) in [5.74, 6) is 2.04. The van der Waals surface area contributed by atoms with Gasteiger partial charge >= 0.3 is 0 Å². The molecule has 0 aliphatic carbocycles. The fourth-order valence-corrected chi connectivity index (χ4v) is 3.44. The molecule has 6 nitrogen and oxygen atoms in total. The Balaban J connectivity index is 0.00000420. The lowest BCUT2D eigenvalue weighted by atomic mass is 9.89. The van der Waals surface area contributed by atoms with Gasteiger partial charge in [-0.3, -0.25) is 4.79 Å². The molecule has 2 N–H and O–H groups in total. The summed E-state index contributed by atoms with van der Waals surface area (Å²) < 4.78 is 6.11. The molecule has 0 bridgehead atoms. The van der Waals surface area contributed by atoms with Crippen LogP contribution in [0, 0.1) is 12.8 Å². The van der Waals surface area contributed by atoms with E-state index < -0.39 is 0 Å². The van der Waals surface area contributed by atoms with Crippen LogP contribution in [0.1, 0.15) is 30.1 Å². The standard InChI is InChI=1S/C21H34N4O2S.HI/c1-16-7-9-17(10-8-16)20-18(6-5-12-27-20)14-23-21(22-11-13-28-4)24-15-19(26)25(2)3;/h7-10,18,20H,5-6,11-15H2,1-4H3,(H2,22,23,24);1H. The minimum absolute atomic E-state index is 0. The van der Waals surface area contributed by atoms with Crippen molar-refractivity contribution in [3.05, 3.63) is 35.4 Å². The van der Waals surface area contributed by atoms with E-state index in [4.69, 9.17) is 4.74 Å². The molecule has 1 heterocycles. The number of thioether (sulfide) groups is 1. The van der Waals surface area contributed by atoms with Gasteiger partial charge in [-0.05, 0) is 31.6 Å². The van der Waals surface area contributed by atoms with Crippen LogP contribution in [0.4, 0.5) is 0 Å². The number of guanidine groups is 1. The summed E-state index contributed by atoms with van der Waals surface area (Å²) in [7, 11) is 3.50. The number of likely N-dealkylation sites (N-methyl/N-ethyl adjacent to an activating group) is 1. The average molecular weight is 535 g/mol. The number of nitrogens with zero attached hydrogens (tertiary/aromatic N) is 2. The number of aliphatic imine (C=N–C) groups is 1. The number of amides is 1. The largest absolute Gasteiger partial charge is 0.373 e. The molecule has 1 aliphatic heterocycles. The van der Waals surface area contributed by atoms with Crippen molar-refractivity contribution in [3.63, 3.8) is 0 Å². The van der Waals surface area contributed by atoms with E-state index in [2.05, 4.69) is 53.1 Å². The second-order valence-electron chi connectivity index (χ2n) is 7.36. The smallest absolute Gasteiger partial charge is 0.243 e. The highest BCUT2D eigenvalue weighted by molar-refractivity contribution is 14.0. The number of aryl methyl sites for hydroxylation is 1. The first-order valence-corrected chi connectivity index (χ1v) is 11.3. The zero-order valence-electron chi connectivity index (χ0n) is 17.9. The Bertz CT molecular complexity index is 640. The molecule has 2 rings (SSSR count). The third kappa shape index (κ3) is 9.13. The lowest BCUT2D eigenvalue weighted by Gasteiger charge is -2.32. The van der Waals surface area contributed by atoms with Gasteiger partial charge in [0.2, 0.25) is 5.91 Å². The van der Waals surface area contributed by atoms with Crippen molar-refractivity contribution >= 4 is 47.6 Å². The van der Waals surface area contributed by atoms with Gasteiger partial charge in [-0.2, -0.15) is 11.8 Å². The summed E-state index contributed by atoms with van der Waals surface area (Å²) in [4.78, 5) is 17.9. The molecule has 29 heavy (non-hydrogen) atoms. The van der Waals surface area contributed by atoms with Crippen molar-refractivity contribution in [2.75, 3.05) is 52.3 Å². The van der Waals surface area contributed by atoms with E-state index in [1.54, 1.807) is 30.8 Å². The van der Waals surface area contributed by atoms with E-state index in [1.807, 2.05) is 0 Å². The fourth-order valence-electron chi connectivity index (χ4n) is 3.14. The second kappa shape index (κ2) is 14.1. The number of hydrogen-bond acceptors (Lipinski definition) is 4. The molecule has 1 amide bonds. The van der Waals surface area contributed by atoms with E-state index >= 15 is 0 Å². The summed E-state index contributed by atoms with van der Waals surface area (Å²) in [5, 5.41) is 6.76. The van der Waals surface area contributed by atoms with Crippen LogP contribution in [0.2, 0.25) is 0 Å². The van der Waals surface area contributed by atoms with Gasteiger partial charge < -0.3 is 20.3 Å². The molecule has 1 aromatic carbocycles. The number of hydrogen-bond donors (Lipinski definition) is 2. The molecule has 0 aromatic heterocycles. The molecule has 1 fully saturated rings. The van der Waals surface area contributed by atoms with Crippen LogP contribution in [0.3, 0.4) is 0 Å². The first-order valence-electron chi connectivity index (χ1n) is 9.90. The minimum atomic E-state index is -0.00972. The van der Waals surface area contributed by atoms with Gasteiger partial charge in [0.25, 0.3) is 0 Å². The average Bonchev–Trinajstić information content (AvgIpc) is 2.70. The number of nitrogens with one attached hydrogen (secondary N) is 2. The monoisotopic (exact) mass is 534 g/mol. The van der Waals surface area contributed by atoms with Gasteiger partial charge in [0, 0.05) is 45.5 Å². The fraction of sp³-hybridized carbons (Fsp3) is 0.619. The predicted molar refractivity (Wildman–Crippen MR) is 133 cm³/mol. The molecular weight excluding hydrogens is 499 g/mol. The first kappa shape index (κ1) is 26.0.